The minimum atomic E-state index is -0.838. The maximum Gasteiger partial charge on any atom is 0.341 e. The summed E-state index contributed by atoms with van der Waals surface area (Å²) in [5.74, 6) is -2.27. The van der Waals surface area contributed by atoms with Gasteiger partial charge in [-0.25, -0.2) is 14.0 Å². The molecule has 9 heteroatoms. The maximum absolute atomic E-state index is 15.0. The van der Waals surface area contributed by atoms with Crippen LogP contribution < -0.4 is 0 Å². The molecule has 8 nitrogen and oxygen atoms in total. The Morgan fingerprint density at radius 3 is 1.65 bits per heavy atom. The lowest BCUT2D eigenvalue weighted by atomic mass is 9.95. The Balaban J connectivity index is 1.68. The van der Waals surface area contributed by atoms with Crippen molar-refractivity contribution in [3.05, 3.63) is 35.1 Å². The molecule has 4 N–H and O–H groups in total. The van der Waals surface area contributed by atoms with Crippen molar-refractivity contribution in [3.8, 4) is 0 Å². The number of benzene rings is 1. The van der Waals surface area contributed by atoms with Crippen molar-refractivity contribution in [1.29, 1.82) is 0 Å². The van der Waals surface area contributed by atoms with Crippen LogP contribution in [-0.4, -0.2) is 66.8 Å². The van der Waals surface area contributed by atoms with E-state index in [1.54, 1.807) is 10.1 Å². The average molecular weight is 525 g/mol. The lowest BCUT2D eigenvalue weighted by molar-refractivity contribution is -0.222. The van der Waals surface area contributed by atoms with Crippen LogP contribution in [0.3, 0.4) is 0 Å². The first-order chi connectivity index (χ1) is 16.9. The summed E-state index contributed by atoms with van der Waals surface area (Å²) in [5.41, 5.74) is -1.96. The molecule has 0 spiro atoms. The molecule has 2 aliphatic heterocycles. The molecule has 1 aromatic carbocycles. The van der Waals surface area contributed by atoms with E-state index in [2.05, 4.69) is 0 Å². The van der Waals surface area contributed by atoms with E-state index in [4.69, 9.17) is 19.9 Å². The van der Waals surface area contributed by atoms with Crippen LogP contribution >= 0.6 is 0 Å². The summed E-state index contributed by atoms with van der Waals surface area (Å²) in [6.07, 6.45) is 2.64. The SMILES string of the molecule is CC1(C)CCC(OC(=O)c2ccc(C(=O)OC3CCC(C)(C)N([OH2+])C(C)(C)C3)c(F)c2)CC(C)(C)N1[OH2+]. The van der Waals surface area contributed by atoms with Crippen molar-refractivity contribution in [3.63, 3.8) is 0 Å². The van der Waals surface area contributed by atoms with Gasteiger partial charge in [0.05, 0.1) is 33.3 Å². The Kier molecular flexibility index (Phi) is 8.16. The number of nitrogens with zero attached hydrogens (tertiary/aromatic N) is 2. The number of halogens is 1. The smallest absolute Gasteiger partial charge is 0.341 e. The van der Waals surface area contributed by atoms with Gasteiger partial charge < -0.3 is 19.9 Å². The van der Waals surface area contributed by atoms with E-state index in [1.165, 1.54) is 12.1 Å². The Morgan fingerprint density at radius 2 is 1.22 bits per heavy atom. The maximum atomic E-state index is 15.0. The third-order valence-corrected chi connectivity index (χ3v) is 8.00. The minimum Gasteiger partial charge on any atom is -0.459 e. The second-order valence-electron chi connectivity index (χ2n) is 13.2. The first kappa shape index (κ1) is 29.5. The normalized spacial score (nSPS) is 27.5. The Hall–Kier alpha value is -2.07. The van der Waals surface area contributed by atoms with Crippen molar-refractivity contribution in [2.45, 2.75) is 128 Å². The zero-order chi connectivity index (χ0) is 28.0. The van der Waals surface area contributed by atoms with E-state index in [0.717, 1.165) is 6.07 Å². The Labute approximate surface area is 219 Å². The largest absolute Gasteiger partial charge is 0.459 e. The molecule has 2 atom stereocenters. The fourth-order valence-electron chi connectivity index (χ4n) is 5.83. The molecule has 3 rings (SSSR count). The number of hydroxylamine groups is 4. The zero-order valence-electron chi connectivity index (χ0n) is 23.5. The predicted molar refractivity (Wildman–Crippen MR) is 140 cm³/mol. The molecule has 2 unspecified atom stereocenters. The number of carbonyl (C=O) groups is 2. The van der Waals surface area contributed by atoms with Gasteiger partial charge in [0.2, 0.25) is 0 Å². The molecule has 0 aromatic heterocycles. The molecule has 0 bridgehead atoms. The number of rotatable bonds is 4. The predicted octanol–water partition coefficient (Wildman–Crippen LogP) is 4.24. The summed E-state index contributed by atoms with van der Waals surface area (Å²) in [6, 6.07) is 3.67. The van der Waals surface area contributed by atoms with Crippen molar-refractivity contribution >= 4 is 11.9 Å². The van der Waals surface area contributed by atoms with Gasteiger partial charge in [-0.05, 0) is 99.3 Å². The molecule has 0 amide bonds. The molecule has 37 heavy (non-hydrogen) atoms. The fraction of sp³-hybridized carbons (Fsp3) is 0.714. The van der Waals surface area contributed by atoms with Crippen LogP contribution in [0.15, 0.2) is 18.2 Å². The van der Waals surface area contributed by atoms with E-state index in [0.29, 0.717) is 38.5 Å². The first-order valence-electron chi connectivity index (χ1n) is 13.1. The average Bonchev–Trinajstić information content (AvgIpc) is 2.91. The van der Waals surface area contributed by atoms with E-state index < -0.39 is 41.0 Å². The monoisotopic (exact) mass is 524 g/mol. The van der Waals surface area contributed by atoms with E-state index in [-0.39, 0.29) is 22.2 Å². The van der Waals surface area contributed by atoms with Gasteiger partial charge in [0.1, 0.15) is 18.0 Å². The van der Waals surface area contributed by atoms with Crippen molar-refractivity contribution < 1.29 is 33.9 Å². The number of hydrogen-bond donors (Lipinski definition) is 0. The van der Waals surface area contributed by atoms with Gasteiger partial charge in [-0.3, -0.25) is 0 Å². The van der Waals surface area contributed by atoms with E-state index >= 15 is 0 Å². The number of hydrogen-bond acceptors (Lipinski definition) is 6. The van der Waals surface area contributed by atoms with Crippen LogP contribution in [0, 0.1) is 5.82 Å². The second kappa shape index (κ2) is 10.2. The van der Waals surface area contributed by atoms with Gasteiger partial charge in [0.25, 0.3) is 0 Å². The molecule has 2 heterocycles. The molecular weight excluding hydrogens is 479 g/mol. The van der Waals surface area contributed by atoms with Crippen LogP contribution in [0.1, 0.15) is 115 Å². The van der Waals surface area contributed by atoms with Gasteiger partial charge >= 0.3 is 11.9 Å². The summed E-state index contributed by atoms with van der Waals surface area (Å²) < 4.78 is 26.4. The number of carbonyl (C=O) groups excluding carboxylic acids is 2. The molecular formula is C28H45FN2O6+2. The number of esters is 2. The summed E-state index contributed by atoms with van der Waals surface area (Å²) in [4.78, 5) is 25.7. The lowest BCUT2D eigenvalue weighted by Gasteiger charge is -2.37. The standard InChI is InChI=1S/C28H43FN2O6/c1-25(2)13-11-19(16-27(5,6)30(25)34)36-23(32)18-9-10-21(22(29)15-18)24(33)37-20-12-14-26(3,4)31(35)28(7,8)17-20/h9-10,15,19-20,34-35H,11-14,16-17H2,1-8H3/p+2. The van der Waals surface area contributed by atoms with Crippen LogP contribution in [0.4, 0.5) is 4.39 Å². The zero-order valence-corrected chi connectivity index (χ0v) is 23.5. The Bertz CT molecular complexity index is 1020. The molecule has 0 aliphatic carbocycles. The highest BCUT2D eigenvalue weighted by molar-refractivity contribution is 5.93. The van der Waals surface area contributed by atoms with Crippen LogP contribution in [0.5, 0.6) is 0 Å². The van der Waals surface area contributed by atoms with Crippen molar-refractivity contribution in [1.82, 2.24) is 10.1 Å². The Morgan fingerprint density at radius 1 is 0.784 bits per heavy atom. The molecule has 208 valence electrons. The topological polar surface area (TPSA) is 105 Å². The third-order valence-electron chi connectivity index (χ3n) is 8.00. The van der Waals surface area contributed by atoms with Crippen molar-refractivity contribution in [2.24, 2.45) is 0 Å². The summed E-state index contributed by atoms with van der Waals surface area (Å²) in [6.45, 7) is 15.8. The van der Waals surface area contributed by atoms with Gasteiger partial charge in [-0.15, -0.1) is 0 Å². The molecule has 0 radical (unpaired) electrons. The summed E-state index contributed by atoms with van der Waals surface area (Å²) >= 11 is 0. The molecule has 0 saturated carbocycles. The van der Waals surface area contributed by atoms with Gasteiger partial charge in [0.15, 0.2) is 0 Å². The van der Waals surface area contributed by atoms with Crippen LogP contribution in [-0.2, 0) is 9.47 Å². The van der Waals surface area contributed by atoms with Gasteiger partial charge in [-0.2, -0.15) is 0 Å². The summed E-state index contributed by atoms with van der Waals surface area (Å²) in [5, 5.41) is 20.1. The molecule has 1 aromatic rings. The van der Waals surface area contributed by atoms with Gasteiger partial charge in [0, 0.05) is 12.8 Å². The van der Waals surface area contributed by atoms with E-state index in [9.17, 15) is 14.0 Å². The highest BCUT2D eigenvalue weighted by Crippen LogP contribution is 2.37. The lowest BCUT2D eigenvalue weighted by Crippen LogP contribution is -2.52. The van der Waals surface area contributed by atoms with Gasteiger partial charge in [-0.1, -0.05) is 10.1 Å². The highest BCUT2D eigenvalue weighted by atomic mass is 19.1. The minimum absolute atomic E-state index is 0.0280. The molecule has 2 aliphatic rings. The highest BCUT2D eigenvalue weighted by Gasteiger charge is 2.47. The van der Waals surface area contributed by atoms with Crippen molar-refractivity contribution in [2.75, 3.05) is 0 Å². The first-order valence-corrected chi connectivity index (χ1v) is 13.1. The van der Waals surface area contributed by atoms with Crippen LogP contribution in [0.25, 0.3) is 0 Å². The molecule has 2 fully saturated rings. The van der Waals surface area contributed by atoms with E-state index in [1.807, 2.05) is 55.4 Å². The second-order valence-corrected chi connectivity index (χ2v) is 13.2. The number of ether oxygens (including phenoxy) is 2. The summed E-state index contributed by atoms with van der Waals surface area (Å²) in [7, 11) is 0. The van der Waals surface area contributed by atoms with Crippen LogP contribution in [0.2, 0.25) is 0 Å². The quantitative estimate of drug-likeness (QED) is 0.431. The molecule has 2 saturated heterocycles. The third kappa shape index (κ3) is 6.50. The fourth-order valence-corrected chi connectivity index (χ4v) is 5.83.